The Morgan fingerprint density at radius 1 is 1.73 bits per heavy atom. The maximum absolute atomic E-state index is 10.1. The molecular formula is C6H7LiN2O2. The van der Waals surface area contributed by atoms with Gasteiger partial charge in [0.15, 0.2) is 0 Å². The van der Waals surface area contributed by atoms with Crippen LogP contribution in [0.2, 0.25) is 0 Å². The number of rotatable bonds is 2. The Kier molecular flexibility index (Phi) is 4.51. The van der Waals surface area contributed by atoms with Crippen molar-refractivity contribution in [2.45, 2.75) is 6.42 Å². The predicted octanol–water partition coefficient (Wildman–Crippen LogP) is -2.78. The molecule has 0 amide bonds. The van der Waals surface area contributed by atoms with Gasteiger partial charge in [-0.2, -0.15) is 10.2 Å². The zero-order valence-corrected chi connectivity index (χ0v) is 6.19. The average Bonchev–Trinajstić information content (AvgIpc) is 1.88. The van der Waals surface area contributed by atoms with Gasteiger partial charge in [0.05, 0.1) is 12.1 Å². The van der Waals surface area contributed by atoms with Crippen molar-refractivity contribution < 1.29 is 30.2 Å². The summed E-state index contributed by atoms with van der Waals surface area (Å²) in [5, 5.41) is 15.4. The number of nitrogens with zero attached hydrogens (tertiary/aromatic N) is 2. The molecule has 0 bridgehead atoms. The van der Waals surface area contributed by atoms with Gasteiger partial charge in [0, 0.05) is 6.20 Å². The quantitative estimate of drug-likeness (QED) is 0.458. The molecule has 0 spiro atoms. The summed E-state index contributed by atoms with van der Waals surface area (Å²) in [5.74, 6) is -0.888. The normalized spacial score (nSPS) is 8.36. The molecule has 0 unspecified atom stereocenters. The zero-order chi connectivity index (χ0) is 7.40. The van der Waals surface area contributed by atoms with Crippen molar-refractivity contribution in [1.29, 1.82) is 0 Å². The van der Waals surface area contributed by atoms with E-state index in [1.165, 1.54) is 6.20 Å². The summed E-state index contributed by atoms with van der Waals surface area (Å²) in [6.07, 6.45) is 1.44. The first-order chi connectivity index (χ1) is 4.79. The van der Waals surface area contributed by atoms with Crippen molar-refractivity contribution in [1.82, 2.24) is 10.2 Å². The van der Waals surface area contributed by atoms with E-state index in [-0.39, 0.29) is 26.7 Å². The molecule has 4 nitrogen and oxygen atoms in total. The summed E-state index contributed by atoms with van der Waals surface area (Å²) in [4.78, 5) is 10.1. The molecular weight excluding hydrogens is 139 g/mol. The molecule has 1 N–H and O–H groups in total. The second kappa shape index (κ2) is 4.89. The van der Waals surface area contributed by atoms with Gasteiger partial charge in [0.25, 0.3) is 0 Å². The van der Waals surface area contributed by atoms with Crippen LogP contribution in [0.3, 0.4) is 0 Å². The van der Waals surface area contributed by atoms with E-state index in [1.807, 2.05) is 0 Å². The molecule has 0 atom stereocenters. The molecule has 0 saturated heterocycles. The molecule has 1 aromatic rings. The van der Waals surface area contributed by atoms with E-state index >= 15 is 0 Å². The van der Waals surface area contributed by atoms with Gasteiger partial charge < -0.3 is 6.53 Å². The zero-order valence-electron chi connectivity index (χ0n) is 7.19. The molecule has 0 aliphatic heterocycles. The summed E-state index contributed by atoms with van der Waals surface area (Å²) in [6, 6.07) is 3.28. The summed E-state index contributed by atoms with van der Waals surface area (Å²) < 4.78 is 0. The van der Waals surface area contributed by atoms with E-state index in [4.69, 9.17) is 5.11 Å². The second-order valence-corrected chi connectivity index (χ2v) is 1.79. The van der Waals surface area contributed by atoms with Crippen molar-refractivity contribution in [3.8, 4) is 0 Å². The van der Waals surface area contributed by atoms with Gasteiger partial charge >= 0.3 is 24.8 Å². The molecule has 0 fully saturated rings. The predicted molar refractivity (Wildman–Crippen MR) is 34.5 cm³/mol. The minimum absolute atomic E-state index is 0. The van der Waals surface area contributed by atoms with Crippen LogP contribution in [0.4, 0.5) is 0 Å². The average molecular weight is 146 g/mol. The second-order valence-electron chi connectivity index (χ2n) is 1.79. The number of hydrogen-bond donors (Lipinski definition) is 1. The third-order valence-electron chi connectivity index (χ3n) is 0.960. The van der Waals surface area contributed by atoms with Crippen molar-refractivity contribution in [3.05, 3.63) is 24.0 Å². The minimum Gasteiger partial charge on any atom is -1.00 e. The van der Waals surface area contributed by atoms with Crippen LogP contribution in [-0.2, 0) is 11.2 Å². The largest absolute Gasteiger partial charge is 1.00 e. The monoisotopic (exact) mass is 146 g/mol. The fourth-order valence-corrected chi connectivity index (χ4v) is 0.583. The molecule has 0 aromatic carbocycles. The number of carbonyl (C=O) groups is 1. The van der Waals surface area contributed by atoms with E-state index in [9.17, 15) is 4.79 Å². The molecule has 1 rings (SSSR count). The Labute approximate surface area is 77.3 Å². The van der Waals surface area contributed by atoms with E-state index in [0.29, 0.717) is 5.69 Å². The van der Waals surface area contributed by atoms with E-state index in [1.54, 1.807) is 12.1 Å². The standard InChI is InChI=1S/C6H6N2O2.Li.H/c9-6(10)4-5-2-1-3-7-8-5;;/h1-3H,4H2,(H,9,10);;/q;+1;-1. The van der Waals surface area contributed by atoms with Gasteiger partial charge in [-0.3, -0.25) is 4.79 Å². The summed E-state index contributed by atoms with van der Waals surface area (Å²) >= 11 is 0. The van der Waals surface area contributed by atoms with Crippen LogP contribution in [0.25, 0.3) is 0 Å². The Hall–Kier alpha value is -0.853. The molecule has 0 saturated carbocycles. The van der Waals surface area contributed by atoms with Crippen molar-refractivity contribution in [3.63, 3.8) is 0 Å². The van der Waals surface area contributed by atoms with Gasteiger partial charge in [-0.1, -0.05) is 0 Å². The first-order valence-corrected chi connectivity index (χ1v) is 2.77. The van der Waals surface area contributed by atoms with Crippen LogP contribution < -0.4 is 18.9 Å². The third kappa shape index (κ3) is 3.76. The van der Waals surface area contributed by atoms with Crippen LogP contribution in [0.5, 0.6) is 0 Å². The third-order valence-corrected chi connectivity index (χ3v) is 0.960. The smallest absolute Gasteiger partial charge is 1.00 e. The minimum atomic E-state index is -0.888. The van der Waals surface area contributed by atoms with E-state index in [2.05, 4.69) is 10.2 Å². The summed E-state index contributed by atoms with van der Waals surface area (Å²) in [5.41, 5.74) is 0.481. The first kappa shape index (κ1) is 10.1. The maximum atomic E-state index is 10.1. The van der Waals surface area contributed by atoms with Gasteiger partial charge in [-0.05, 0) is 12.1 Å². The topological polar surface area (TPSA) is 63.1 Å². The fourth-order valence-electron chi connectivity index (χ4n) is 0.583. The van der Waals surface area contributed by atoms with Gasteiger partial charge in [0.2, 0.25) is 0 Å². The van der Waals surface area contributed by atoms with Crippen LogP contribution in [-0.4, -0.2) is 21.3 Å². The van der Waals surface area contributed by atoms with Crippen molar-refractivity contribution in [2.75, 3.05) is 0 Å². The Balaban J connectivity index is 0. The number of aliphatic carboxylic acids is 1. The van der Waals surface area contributed by atoms with Crippen molar-refractivity contribution >= 4 is 5.97 Å². The van der Waals surface area contributed by atoms with E-state index < -0.39 is 5.97 Å². The Morgan fingerprint density at radius 2 is 2.45 bits per heavy atom. The molecule has 1 heterocycles. The molecule has 0 aliphatic rings. The van der Waals surface area contributed by atoms with Crippen LogP contribution >= 0.6 is 0 Å². The SMILES string of the molecule is O=C(O)Cc1cccnn1.[H-].[Li+]. The van der Waals surface area contributed by atoms with E-state index in [0.717, 1.165) is 0 Å². The van der Waals surface area contributed by atoms with Gasteiger partial charge in [-0.25, -0.2) is 0 Å². The van der Waals surface area contributed by atoms with Gasteiger partial charge in [-0.15, -0.1) is 0 Å². The van der Waals surface area contributed by atoms with Gasteiger partial charge in [0.1, 0.15) is 0 Å². The molecule has 54 valence electrons. The van der Waals surface area contributed by atoms with Crippen LogP contribution in [0.1, 0.15) is 7.12 Å². The molecule has 0 radical (unpaired) electrons. The van der Waals surface area contributed by atoms with Crippen LogP contribution in [0, 0.1) is 0 Å². The number of aromatic nitrogens is 2. The molecule has 1 aromatic heterocycles. The number of carboxylic acid groups (broad SMARTS) is 1. The number of hydrogen-bond acceptors (Lipinski definition) is 3. The molecule has 11 heavy (non-hydrogen) atoms. The van der Waals surface area contributed by atoms with Crippen LogP contribution in [0.15, 0.2) is 18.3 Å². The summed E-state index contributed by atoms with van der Waals surface area (Å²) in [7, 11) is 0. The number of carboxylic acids is 1. The Morgan fingerprint density at radius 3 is 2.91 bits per heavy atom. The summed E-state index contributed by atoms with van der Waals surface area (Å²) in [6.45, 7) is 0. The molecule has 5 heteroatoms. The molecule has 0 aliphatic carbocycles. The van der Waals surface area contributed by atoms with Crippen molar-refractivity contribution in [2.24, 2.45) is 0 Å². The maximum Gasteiger partial charge on any atom is 1.00 e. The first-order valence-electron chi connectivity index (χ1n) is 2.77. The fraction of sp³-hybridized carbons (Fsp3) is 0.167. The Bertz CT molecular complexity index is 232.